The van der Waals surface area contributed by atoms with Gasteiger partial charge >= 0.3 is 0 Å². The van der Waals surface area contributed by atoms with Crippen LogP contribution in [0.1, 0.15) is 0 Å². The molecule has 18 heavy (non-hydrogen) atoms. The van der Waals surface area contributed by atoms with E-state index in [1.165, 1.54) is 16.7 Å². The molecule has 3 heterocycles. The summed E-state index contributed by atoms with van der Waals surface area (Å²) in [4.78, 5) is 0.184. The summed E-state index contributed by atoms with van der Waals surface area (Å²) in [5, 5.41) is 19.0. The van der Waals surface area contributed by atoms with E-state index in [0.29, 0.717) is 19.6 Å². The second kappa shape index (κ2) is 4.02. The summed E-state index contributed by atoms with van der Waals surface area (Å²) in [5.41, 5.74) is -0.323. The first-order valence-corrected chi connectivity index (χ1v) is 7.33. The molecule has 0 radical (unpaired) electrons. The van der Waals surface area contributed by atoms with Gasteiger partial charge in [0.25, 0.3) is 0 Å². The molecule has 0 amide bonds. The lowest BCUT2D eigenvalue weighted by atomic mass is 9.82. The van der Waals surface area contributed by atoms with Crippen molar-refractivity contribution < 1.29 is 13.5 Å². The van der Waals surface area contributed by atoms with Crippen molar-refractivity contribution in [3.05, 3.63) is 12.4 Å². The van der Waals surface area contributed by atoms with Crippen LogP contribution in [0.4, 0.5) is 0 Å². The van der Waals surface area contributed by atoms with E-state index in [1.807, 2.05) is 0 Å². The van der Waals surface area contributed by atoms with Crippen LogP contribution < -0.4 is 5.32 Å². The highest BCUT2D eigenvalue weighted by Gasteiger charge is 2.52. The number of aromatic amines is 1. The summed E-state index contributed by atoms with van der Waals surface area (Å²) in [6.45, 7) is 2.28. The minimum atomic E-state index is -3.48. The molecule has 2 atom stereocenters. The smallest absolute Gasteiger partial charge is 0.246 e. The van der Waals surface area contributed by atoms with Crippen LogP contribution >= 0.6 is 0 Å². The first-order chi connectivity index (χ1) is 8.58. The molecule has 100 valence electrons. The monoisotopic (exact) mass is 272 g/mol. The van der Waals surface area contributed by atoms with Gasteiger partial charge < -0.3 is 10.4 Å². The van der Waals surface area contributed by atoms with E-state index in [0.717, 1.165) is 6.54 Å². The maximum atomic E-state index is 12.3. The van der Waals surface area contributed by atoms with Gasteiger partial charge in [0.1, 0.15) is 4.90 Å². The zero-order valence-corrected chi connectivity index (χ0v) is 10.7. The SMILES string of the molecule is O=S(=O)(c1cn[nH]c1)N1CC2CNCC2(CO)C1. The molecule has 0 aliphatic carbocycles. The van der Waals surface area contributed by atoms with E-state index in [1.54, 1.807) is 0 Å². The molecule has 0 spiro atoms. The van der Waals surface area contributed by atoms with E-state index in [4.69, 9.17) is 0 Å². The van der Waals surface area contributed by atoms with Gasteiger partial charge in [-0.3, -0.25) is 5.10 Å². The minimum Gasteiger partial charge on any atom is -0.396 e. The third kappa shape index (κ3) is 1.60. The Labute approximate surface area is 105 Å². The summed E-state index contributed by atoms with van der Waals surface area (Å²) in [6, 6.07) is 0. The number of rotatable bonds is 3. The van der Waals surface area contributed by atoms with Gasteiger partial charge in [-0.2, -0.15) is 9.40 Å². The Hall–Kier alpha value is -0.960. The quantitative estimate of drug-likeness (QED) is 0.629. The lowest BCUT2D eigenvalue weighted by Gasteiger charge is -2.24. The molecule has 2 aliphatic rings. The number of H-pyrrole nitrogens is 1. The average molecular weight is 272 g/mol. The van der Waals surface area contributed by atoms with Gasteiger partial charge in [0.2, 0.25) is 10.0 Å². The topological polar surface area (TPSA) is 98.3 Å². The van der Waals surface area contributed by atoms with Crippen LogP contribution in [0.5, 0.6) is 0 Å². The fourth-order valence-corrected chi connectivity index (χ4v) is 4.40. The van der Waals surface area contributed by atoms with Gasteiger partial charge in [0.15, 0.2) is 0 Å². The molecular weight excluding hydrogens is 256 g/mol. The Balaban J connectivity index is 1.89. The normalized spacial score (nSPS) is 32.8. The molecule has 1 aromatic rings. The van der Waals surface area contributed by atoms with Gasteiger partial charge in [-0.15, -0.1) is 0 Å². The van der Waals surface area contributed by atoms with E-state index >= 15 is 0 Å². The second-order valence-corrected chi connectivity index (χ2v) is 7.02. The Morgan fingerprint density at radius 3 is 3.06 bits per heavy atom. The van der Waals surface area contributed by atoms with Crippen LogP contribution in [0.15, 0.2) is 17.3 Å². The molecule has 2 fully saturated rings. The van der Waals surface area contributed by atoms with Gasteiger partial charge in [0, 0.05) is 31.2 Å². The molecular formula is C10H16N4O3S. The van der Waals surface area contributed by atoms with Gasteiger partial charge in [0.05, 0.1) is 12.8 Å². The maximum absolute atomic E-state index is 12.3. The summed E-state index contributed by atoms with van der Waals surface area (Å²) in [7, 11) is -3.48. The average Bonchev–Trinajstić information content (AvgIpc) is 3.04. The number of aliphatic hydroxyl groups is 1. The van der Waals surface area contributed by atoms with Crippen molar-refractivity contribution in [1.82, 2.24) is 19.8 Å². The molecule has 8 heteroatoms. The van der Waals surface area contributed by atoms with Crippen LogP contribution in [-0.2, 0) is 10.0 Å². The highest BCUT2D eigenvalue weighted by Crippen LogP contribution is 2.40. The largest absolute Gasteiger partial charge is 0.396 e. The Morgan fingerprint density at radius 1 is 1.61 bits per heavy atom. The van der Waals surface area contributed by atoms with E-state index in [-0.39, 0.29) is 22.8 Å². The van der Waals surface area contributed by atoms with Crippen molar-refractivity contribution >= 4 is 10.0 Å². The number of fused-ring (bicyclic) bond motifs is 1. The summed E-state index contributed by atoms with van der Waals surface area (Å²) < 4.78 is 26.2. The first-order valence-electron chi connectivity index (χ1n) is 5.89. The predicted octanol–water partition coefficient (Wildman–Crippen LogP) is -1.39. The Kier molecular flexibility index (Phi) is 2.70. The number of hydrogen-bond acceptors (Lipinski definition) is 5. The van der Waals surface area contributed by atoms with Crippen molar-refractivity contribution in [3.63, 3.8) is 0 Å². The molecule has 0 bridgehead atoms. The number of aromatic nitrogens is 2. The van der Waals surface area contributed by atoms with E-state index < -0.39 is 10.0 Å². The number of aliphatic hydroxyl groups excluding tert-OH is 1. The molecule has 7 nitrogen and oxygen atoms in total. The summed E-state index contributed by atoms with van der Waals surface area (Å²) >= 11 is 0. The fraction of sp³-hybridized carbons (Fsp3) is 0.700. The second-order valence-electron chi connectivity index (χ2n) is 5.08. The zero-order chi connectivity index (χ0) is 12.8. The zero-order valence-electron chi connectivity index (χ0n) is 9.83. The van der Waals surface area contributed by atoms with Crippen molar-refractivity contribution in [1.29, 1.82) is 0 Å². The lowest BCUT2D eigenvalue weighted by molar-refractivity contribution is 0.130. The van der Waals surface area contributed by atoms with Gasteiger partial charge in [-0.05, 0) is 12.5 Å². The fourth-order valence-electron chi connectivity index (χ4n) is 2.91. The summed E-state index contributed by atoms with van der Waals surface area (Å²) in [6.07, 6.45) is 2.70. The molecule has 0 aromatic carbocycles. The highest BCUT2D eigenvalue weighted by molar-refractivity contribution is 7.89. The Morgan fingerprint density at radius 2 is 2.44 bits per heavy atom. The van der Waals surface area contributed by atoms with E-state index in [9.17, 15) is 13.5 Å². The highest BCUT2D eigenvalue weighted by atomic mass is 32.2. The van der Waals surface area contributed by atoms with Gasteiger partial charge in [-0.1, -0.05) is 0 Å². The van der Waals surface area contributed by atoms with Crippen molar-refractivity contribution in [3.8, 4) is 0 Å². The molecule has 2 aliphatic heterocycles. The standard InChI is InChI=1S/C10H16N4O3S/c15-7-10-5-11-1-8(10)4-14(6-10)18(16,17)9-2-12-13-3-9/h2-3,8,11,15H,1,4-7H2,(H,12,13). The first kappa shape index (κ1) is 12.1. The van der Waals surface area contributed by atoms with Crippen LogP contribution in [0.3, 0.4) is 0 Å². The molecule has 2 unspecified atom stereocenters. The van der Waals surface area contributed by atoms with Crippen LogP contribution in [0, 0.1) is 11.3 Å². The van der Waals surface area contributed by atoms with Crippen LogP contribution in [0.2, 0.25) is 0 Å². The predicted molar refractivity (Wildman–Crippen MR) is 63.2 cm³/mol. The lowest BCUT2D eigenvalue weighted by Crippen LogP contribution is -2.37. The van der Waals surface area contributed by atoms with Crippen LogP contribution in [-0.4, -0.2) is 60.8 Å². The minimum absolute atomic E-state index is 0.0159. The molecule has 0 saturated carbocycles. The van der Waals surface area contributed by atoms with Crippen molar-refractivity contribution in [2.75, 3.05) is 32.8 Å². The number of hydrogen-bond donors (Lipinski definition) is 3. The Bertz CT molecular complexity index is 529. The van der Waals surface area contributed by atoms with Crippen LogP contribution in [0.25, 0.3) is 0 Å². The number of sulfonamides is 1. The van der Waals surface area contributed by atoms with Gasteiger partial charge in [-0.25, -0.2) is 8.42 Å². The molecule has 3 rings (SSSR count). The molecule has 3 N–H and O–H groups in total. The van der Waals surface area contributed by atoms with E-state index in [2.05, 4.69) is 15.5 Å². The third-order valence-electron chi connectivity index (χ3n) is 4.07. The third-order valence-corrected chi connectivity index (χ3v) is 5.85. The molecule has 2 saturated heterocycles. The molecule has 1 aromatic heterocycles. The number of nitrogens with zero attached hydrogens (tertiary/aromatic N) is 2. The van der Waals surface area contributed by atoms with Crippen molar-refractivity contribution in [2.45, 2.75) is 4.90 Å². The summed E-state index contributed by atoms with van der Waals surface area (Å²) in [5.74, 6) is 0.184. The number of nitrogens with one attached hydrogen (secondary N) is 2. The van der Waals surface area contributed by atoms with Crippen molar-refractivity contribution in [2.24, 2.45) is 11.3 Å². The maximum Gasteiger partial charge on any atom is 0.246 e.